The number of nitrogens with zero attached hydrogens (tertiary/aromatic N) is 4. The summed E-state index contributed by atoms with van der Waals surface area (Å²) in [4.78, 5) is 2.41. The van der Waals surface area contributed by atoms with Crippen molar-refractivity contribution >= 4 is 12.2 Å². The second kappa shape index (κ2) is 6.81. The van der Waals surface area contributed by atoms with Crippen molar-refractivity contribution in [1.29, 1.82) is 0 Å². The van der Waals surface area contributed by atoms with Crippen LogP contribution >= 0.6 is 12.2 Å². The predicted octanol–water partition coefficient (Wildman–Crippen LogP) is 3.20. The number of aromatic nitrogens is 3. The largest absolute Gasteiger partial charge is 0.388 e. The molecule has 0 saturated heterocycles. The lowest BCUT2D eigenvalue weighted by Gasteiger charge is -2.30. The van der Waals surface area contributed by atoms with Crippen LogP contribution in [0.2, 0.25) is 0 Å². The fourth-order valence-corrected chi connectivity index (χ4v) is 3.27. The van der Waals surface area contributed by atoms with Crippen LogP contribution in [0.5, 0.6) is 0 Å². The van der Waals surface area contributed by atoms with E-state index in [1.54, 1.807) is 0 Å². The van der Waals surface area contributed by atoms with E-state index in [0.29, 0.717) is 24.5 Å². The first kappa shape index (κ1) is 17.6. The van der Waals surface area contributed by atoms with Gasteiger partial charge in [0.2, 0.25) is 0 Å². The molecule has 1 aliphatic rings. The zero-order valence-corrected chi connectivity index (χ0v) is 15.4. The quantitative estimate of drug-likeness (QED) is 0.782. The third-order valence-corrected chi connectivity index (χ3v) is 4.06. The summed E-state index contributed by atoms with van der Waals surface area (Å²) in [5, 5.41) is 14.1. The predicted molar refractivity (Wildman–Crippen MR) is 91.1 cm³/mol. The highest BCUT2D eigenvalue weighted by Gasteiger charge is 2.28. The van der Waals surface area contributed by atoms with Gasteiger partial charge in [-0.25, -0.2) is 4.68 Å². The average Bonchev–Trinajstić information content (AvgIpc) is 3.13. The number of hydrogen-bond acceptors (Lipinski definition) is 4. The minimum atomic E-state index is -0.0450. The van der Waals surface area contributed by atoms with Crippen molar-refractivity contribution in [2.24, 2.45) is 11.3 Å². The first-order valence-corrected chi connectivity index (χ1v) is 8.63. The highest BCUT2D eigenvalue weighted by Crippen LogP contribution is 2.36. The minimum Gasteiger partial charge on any atom is -0.388 e. The summed E-state index contributed by atoms with van der Waals surface area (Å²) in [6, 6.07) is 0.449. The van der Waals surface area contributed by atoms with Crippen LogP contribution in [0, 0.1) is 16.1 Å². The van der Waals surface area contributed by atoms with Crippen LogP contribution in [0.25, 0.3) is 0 Å². The van der Waals surface area contributed by atoms with Crippen molar-refractivity contribution in [2.75, 3.05) is 13.1 Å². The fourth-order valence-electron chi connectivity index (χ4n) is 2.91. The highest BCUT2D eigenvalue weighted by molar-refractivity contribution is 7.71. The number of hydrogen-bond donors (Lipinski definition) is 1. The Morgan fingerprint density at radius 1 is 1.36 bits per heavy atom. The molecule has 0 bridgehead atoms. The van der Waals surface area contributed by atoms with E-state index in [1.807, 2.05) is 9.25 Å². The van der Waals surface area contributed by atoms with Gasteiger partial charge in [-0.2, -0.15) is 5.10 Å². The third-order valence-electron chi connectivity index (χ3n) is 3.65. The Balaban J connectivity index is 2.20. The highest BCUT2D eigenvalue weighted by atomic mass is 32.1. The van der Waals surface area contributed by atoms with Gasteiger partial charge in [-0.1, -0.05) is 34.6 Å². The van der Waals surface area contributed by atoms with Gasteiger partial charge in [0, 0.05) is 19.1 Å². The van der Waals surface area contributed by atoms with E-state index in [9.17, 15) is 5.11 Å². The minimum absolute atomic E-state index is 0.0450. The molecule has 126 valence electrons. The van der Waals surface area contributed by atoms with Gasteiger partial charge in [0.05, 0.1) is 6.67 Å². The molecule has 0 radical (unpaired) electrons. The van der Waals surface area contributed by atoms with E-state index in [0.717, 1.165) is 30.7 Å². The summed E-state index contributed by atoms with van der Waals surface area (Å²) in [6.07, 6.45) is 2.29. The summed E-state index contributed by atoms with van der Waals surface area (Å²) in [7, 11) is 0. The summed E-state index contributed by atoms with van der Waals surface area (Å²) in [5.41, 5.74) is 0.232. The lowest BCUT2D eigenvalue weighted by Crippen LogP contribution is -2.37. The van der Waals surface area contributed by atoms with Gasteiger partial charge in [0.15, 0.2) is 10.6 Å². The second-order valence-electron chi connectivity index (χ2n) is 8.07. The molecule has 2 rings (SSSR count). The Kier molecular flexibility index (Phi) is 5.45. The molecule has 0 aromatic carbocycles. The molecule has 0 aliphatic heterocycles. The smallest absolute Gasteiger partial charge is 0.199 e. The van der Waals surface area contributed by atoms with Crippen molar-refractivity contribution in [3.8, 4) is 0 Å². The molecule has 1 saturated carbocycles. The zero-order chi connectivity index (χ0) is 16.5. The van der Waals surface area contributed by atoms with E-state index in [1.165, 1.54) is 0 Å². The lowest BCUT2D eigenvalue weighted by molar-refractivity contribution is 0.130. The van der Waals surface area contributed by atoms with E-state index < -0.39 is 0 Å². The van der Waals surface area contributed by atoms with Crippen molar-refractivity contribution < 1.29 is 5.11 Å². The van der Waals surface area contributed by atoms with Crippen LogP contribution in [0.3, 0.4) is 0 Å². The maximum Gasteiger partial charge on any atom is 0.199 e. The van der Waals surface area contributed by atoms with Crippen LogP contribution in [-0.4, -0.2) is 37.4 Å². The molecule has 5 nitrogen and oxygen atoms in total. The number of aliphatic hydroxyl groups is 1. The molecule has 0 spiro atoms. The fraction of sp³-hybridized carbons (Fsp3) is 0.875. The Labute approximate surface area is 138 Å². The topological polar surface area (TPSA) is 46.2 Å². The number of rotatable bonds is 7. The van der Waals surface area contributed by atoms with Gasteiger partial charge in [-0.3, -0.25) is 9.47 Å². The van der Waals surface area contributed by atoms with Crippen molar-refractivity contribution in [3.05, 3.63) is 10.6 Å². The molecule has 1 heterocycles. The van der Waals surface area contributed by atoms with Crippen LogP contribution in [-0.2, 0) is 13.3 Å². The van der Waals surface area contributed by atoms with Gasteiger partial charge in [-0.05, 0) is 36.4 Å². The molecule has 0 unspecified atom stereocenters. The van der Waals surface area contributed by atoms with Crippen molar-refractivity contribution in [2.45, 2.75) is 66.8 Å². The number of aliphatic hydroxyl groups excluding tert-OH is 1. The second-order valence-corrected chi connectivity index (χ2v) is 8.43. The molecule has 1 fully saturated rings. The molecule has 0 amide bonds. The summed E-state index contributed by atoms with van der Waals surface area (Å²) < 4.78 is 4.67. The molecule has 0 atom stereocenters. The molecule has 1 aliphatic carbocycles. The lowest BCUT2D eigenvalue weighted by atomic mass is 9.96. The molecule has 1 aromatic rings. The van der Waals surface area contributed by atoms with Crippen LogP contribution < -0.4 is 0 Å². The third kappa shape index (κ3) is 4.64. The normalized spacial score (nSPS) is 16.0. The van der Waals surface area contributed by atoms with Gasteiger partial charge < -0.3 is 5.11 Å². The zero-order valence-electron chi connectivity index (χ0n) is 14.5. The van der Waals surface area contributed by atoms with E-state index in [4.69, 9.17) is 12.2 Å². The Morgan fingerprint density at radius 2 is 2.00 bits per heavy atom. The van der Waals surface area contributed by atoms with Gasteiger partial charge >= 0.3 is 0 Å². The van der Waals surface area contributed by atoms with Crippen LogP contribution in [0.15, 0.2) is 0 Å². The molecule has 22 heavy (non-hydrogen) atoms. The monoisotopic (exact) mass is 326 g/mol. The first-order chi connectivity index (χ1) is 10.2. The van der Waals surface area contributed by atoms with E-state index in [2.05, 4.69) is 44.6 Å². The molecular weight excluding hydrogens is 296 g/mol. The van der Waals surface area contributed by atoms with Gasteiger partial charge in [-0.15, -0.1) is 0 Å². The average molecular weight is 327 g/mol. The molecule has 1 N–H and O–H groups in total. The van der Waals surface area contributed by atoms with Crippen molar-refractivity contribution in [1.82, 2.24) is 19.2 Å². The van der Waals surface area contributed by atoms with Crippen molar-refractivity contribution in [3.63, 3.8) is 0 Å². The van der Waals surface area contributed by atoms with Crippen LogP contribution in [0.4, 0.5) is 0 Å². The van der Waals surface area contributed by atoms with Gasteiger partial charge in [0.25, 0.3) is 0 Å². The Bertz CT molecular complexity index is 551. The summed E-state index contributed by atoms with van der Waals surface area (Å²) in [6.45, 7) is 13.9. The Morgan fingerprint density at radius 3 is 2.45 bits per heavy atom. The van der Waals surface area contributed by atoms with E-state index in [-0.39, 0.29) is 12.0 Å². The SMILES string of the molecule is CC(C)CN(Cn1nc(CO)n(C2CC2)c1=S)CC(C)(C)C. The summed E-state index contributed by atoms with van der Waals surface area (Å²) in [5.74, 6) is 1.30. The standard InChI is InChI=1S/C16H30N4OS/c1-12(2)8-18(10-16(3,4)5)11-19-15(22)20(13-6-7-13)14(9-21)17-19/h12-13,21H,6-11H2,1-5H3. The summed E-state index contributed by atoms with van der Waals surface area (Å²) >= 11 is 5.59. The maximum absolute atomic E-state index is 9.54. The van der Waals surface area contributed by atoms with Crippen LogP contribution in [0.1, 0.15) is 59.3 Å². The van der Waals surface area contributed by atoms with Gasteiger partial charge in [0.1, 0.15) is 6.61 Å². The van der Waals surface area contributed by atoms with E-state index >= 15 is 0 Å². The molecule has 1 aromatic heterocycles. The first-order valence-electron chi connectivity index (χ1n) is 8.22. The molecule has 6 heteroatoms. The maximum atomic E-state index is 9.54. The Hall–Kier alpha value is -0.720. The molecular formula is C16H30N4OS.